The van der Waals surface area contributed by atoms with Crippen LogP contribution < -0.4 is 15.4 Å². The number of hydrogen-bond acceptors (Lipinski definition) is 6. The molecule has 1 aromatic carbocycles. The van der Waals surface area contributed by atoms with Gasteiger partial charge in [-0.1, -0.05) is 6.07 Å². The summed E-state index contributed by atoms with van der Waals surface area (Å²) in [6.45, 7) is 7.34. The molecule has 0 bridgehead atoms. The molecule has 1 saturated heterocycles. The number of ether oxygens (including phenoxy) is 2. The smallest absolute Gasteiger partial charge is 0.408 e. The fourth-order valence-corrected chi connectivity index (χ4v) is 3.01. The number of nitrogens with one attached hydrogen (secondary N) is 2. The molecule has 0 aromatic heterocycles. The molecule has 1 aromatic rings. The van der Waals surface area contributed by atoms with Crippen molar-refractivity contribution in [2.24, 2.45) is 0 Å². The fourth-order valence-electron chi connectivity index (χ4n) is 3.01. The number of esters is 1. The van der Waals surface area contributed by atoms with Gasteiger partial charge in [0.15, 0.2) is 0 Å². The standard InChI is InChI=1S/C21H29N3O6/c1-14(25)29-17-7-5-6-15(12-17)19(27)24-10-8-16(9-11-24)23-18(26)13-22-20(28)30-21(2,3)4/h5-7,12,16H,8-11,13H2,1-4H3,(H,22,28)(H,23,26). The van der Waals surface area contributed by atoms with Gasteiger partial charge in [-0.05, 0) is 51.8 Å². The maximum Gasteiger partial charge on any atom is 0.408 e. The van der Waals surface area contributed by atoms with Gasteiger partial charge in [-0.15, -0.1) is 0 Å². The number of likely N-dealkylation sites (tertiary alicyclic amines) is 1. The van der Waals surface area contributed by atoms with E-state index in [4.69, 9.17) is 9.47 Å². The van der Waals surface area contributed by atoms with Gasteiger partial charge in [0.05, 0.1) is 0 Å². The summed E-state index contributed by atoms with van der Waals surface area (Å²) in [7, 11) is 0. The SMILES string of the molecule is CC(=O)Oc1cccc(C(=O)N2CCC(NC(=O)CNC(=O)OC(C)(C)C)CC2)c1. The molecule has 0 atom stereocenters. The molecule has 1 heterocycles. The van der Waals surface area contributed by atoms with Crippen LogP contribution in [0.3, 0.4) is 0 Å². The summed E-state index contributed by atoms with van der Waals surface area (Å²) in [5.74, 6) is -0.578. The van der Waals surface area contributed by atoms with E-state index in [-0.39, 0.29) is 24.4 Å². The Morgan fingerprint density at radius 2 is 1.80 bits per heavy atom. The molecule has 0 radical (unpaired) electrons. The second-order valence-corrected chi connectivity index (χ2v) is 8.11. The van der Waals surface area contributed by atoms with Gasteiger partial charge in [0.25, 0.3) is 5.91 Å². The number of rotatable bonds is 5. The highest BCUT2D eigenvalue weighted by atomic mass is 16.6. The molecule has 1 fully saturated rings. The van der Waals surface area contributed by atoms with Gasteiger partial charge >= 0.3 is 12.1 Å². The first-order valence-electron chi connectivity index (χ1n) is 9.87. The van der Waals surface area contributed by atoms with Crippen LogP contribution in [0.15, 0.2) is 24.3 Å². The highest BCUT2D eigenvalue weighted by Crippen LogP contribution is 2.18. The van der Waals surface area contributed by atoms with Crippen molar-refractivity contribution in [1.29, 1.82) is 0 Å². The van der Waals surface area contributed by atoms with Crippen molar-refractivity contribution in [3.63, 3.8) is 0 Å². The minimum Gasteiger partial charge on any atom is -0.444 e. The van der Waals surface area contributed by atoms with Crippen LogP contribution in [0.25, 0.3) is 0 Å². The Hall–Kier alpha value is -3.10. The van der Waals surface area contributed by atoms with E-state index >= 15 is 0 Å². The van der Waals surface area contributed by atoms with Gasteiger partial charge in [-0.2, -0.15) is 0 Å². The van der Waals surface area contributed by atoms with Gasteiger partial charge in [0.1, 0.15) is 17.9 Å². The summed E-state index contributed by atoms with van der Waals surface area (Å²) in [6, 6.07) is 6.42. The molecule has 30 heavy (non-hydrogen) atoms. The average molecular weight is 419 g/mol. The fraction of sp³-hybridized carbons (Fsp3) is 0.524. The van der Waals surface area contributed by atoms with E-state index in [1.165, 1.54) is 6.92 Å². The van der Waals surface area contributed by atoms with Crippen molar-refractivity contribution < 1.29 is 28.7 Å². The van der Waals surface area contributed by atoms with Crippen LogP contribution >= 0.6 is 0 Å². The predicted octanol–water partition coefficient (Wildman–Crippen LogP) is 1.86. The third kappa shape index (κ3) is 7.73. The van der Waals surface area contributed by atoms with Crippen LogP contribution in [0.5, 0.6) is 5.75 Å². The van der Waals surface area contributed by atoms with Crippen LogP contribution in [-0.2, 0) is 14.3 Å². The predicted molar refractivity (Wildman–Crippen MR) is 109 cm³/mol. The molecular weight excluding hydrogens is 390 g/mol. The Balaban J connectivity index is 1.78. The lowest BCUT2D eigenvalue weighted by Crippen LogP contribution is -2.49. The number of carbonyl (C=O) groups excluding carboxylic acids is 4. The van der Waals surface area contributed by atoms with Crippen molar-refractivity contribution >= 4 is 23.9 Å². The van der Waals surface area contributed by atoms with Gasteiger partial charge < -0.3 is 25.0 Å². The number of amides is 3. The van der Waals surface area contributed by atoms with Gasteiger partial charge in [-0.3, -0.25) is 14.4 Å². The number of nitrogens with zero attached hydrogens (tertiary/aromatic N) is 1. The first-order valence-corrected chi connectivity index (χ1v) is 9.87. The molecule has 9 heteroatoms. The Morgan fingerprint density at radius 1 is 1.13 bits per heavy atom. The lowest BCUT2D eigenvalue weighted by Gasteiger charge is -2.32. The zero-order chi connectivity index (χ0) is 22.3. The maximum atomic E-state index is 12.7. The molecule has 0 spiro atoms. The quantitative estimate of drug-likeness (QED) is 0.556. The Kier molecular flexibility index (Phi) is 7.79. The molecule has 0 saturated carbocycles. The largest absolute Gasteiger partial charge is 0.444 e. The molecule has 2 rings (SSSR count). The van der Waals surface area contributed by atoms with Crippen LogP contribution in [-0.4, -0.2) is 60.1 Å². The molecule has 1 aliphatic rings. The summed E-state index contributed by atoms with van der Waals surface area (Å²) < 4.78 is 10.1. The zero-order valence-electron chi connectivity index (χ0n) is 17.8. The van der Waals surface area contributed by atoms with Gasteiger partial charge in [0, 0.05) is 31.6 Å². The number of hydrogen-bond donors (Lipinski definition) is 2. The van der Waals surface area contributed by atoms with E-state index < -0.39 is 17.7 Å². The molecule has 3 amide bonds. The topological polar surface area (TPSA) is 114 Å². The normalized spacial score (nSPS) is 14.6. The first kappa shape index (κ1) is 23.2. The number of carbonyl (C=O) groups is 4. The molecular formula is C21H29N3O6. The summed E-state index contributed by atoms with van der Waals surface area (Å²) in [6.07, 6.45) is 0.565. The van der Waals surface area contributed by atoms with Gasteiger partial charge in [0.2, 0.25) is 5.91 Å². The number of benzene rings is 1. The van der Waals surface area contributed by atoms with Crippen molar-refractivity contribution in [2.75, 3.05) is 19.6 Å². The average Bonchev–Trinajstić information content (AvgIpc) is 2.65. The van der Waals surface area contributed by atoms with Crippen LogP contribution in [0.4, 0.5) is 4.79 Å². The Bertz CT molecular complexity index is 794. The van der Waals surface area contributed by atoms with Crippen molar-refractivity contribution in [2.45, 2.75) is 52.2 Å². The van der Waals surface area contributed by atoms with E-state index in [1.807, 2.05) is 0 Å². The molecule has 164 valence electrons. The molecule has 0 unspecified atom stereocenters. The lowest BCUT2D eigenvalue weighted by atomic mass is 10.0. The second kappa shape index (κ2) is 10.1. The first-order chi connectivity index (χ1) is 14.0. The number of piperidine rings is 1. The third-order valence-electron chi connectivity index (χ3n) is 4.28. The minimum atomic E-state index is -0.644. The van der Waals surface area contributed by atoms with Crippen molar-refractivity contribution in [3.8, 4) is 5.75 Å². The maximum absolute atomic E-state index is 12.7. The molecule has 2 N–H and O–H groups in total. The highest BCUT2D eigenvalue weighted by molar-refractivity contribution is 5.94. The molecule has 9 nitrogen and oxygen atoms in total. The minimum absolute atomic E-state index is 0.0747. The summed E-state index contributed by atoms with van der Waals surface area (Å²) >= 11 is 0. The van der Waals surface area contributed by atoms with E-state index in [0.717, 1.165) is 0 Å². The molecule has 1 aliphatic heterocycles. The Morgan fingerprint density at radius 3 is 2.40 bits per heavy atom. The summed E-state index contributed by atoms with van der Waals surface area (Å²) in [5.41, 5.74) is -0.185. The second-order valence-electron chi connectivity index (χ2n) is 8.11. The van der Waals surface area contributed by atoms with Gasteiger partial charge in [-0.25, -0.2) is 4.79 Å². The van der Waals surface area contributed by atoms with Crippen LogP contribution in [0.2, 0.25) is 0 Å². The van der Waals surface area contributed by atoms with Crippen molar-refractivity contribution in [1.82, 2.24) is 15.5 Å². The van der Waals surface area contributed by atoms with Crippen LogP contribution in [0.1, 0.15) is 50.9 Å². The van der Waals surface area contributed by atoms with E-state index in [2.05, 4.69) is 10.6 Å². The molecule has 0 aliphatic carbocycles. The number of alkyl carbamates (subject to hydrolysis) is 1. The third-order valence-corrected chi connectivity index (χ3v) is 4.28. The van der Waals surface area contributed by atoms with Crippen LogP contribution in [0, 0.1) is 0 Å². The van der Waals surface area contributed by atoms with E-state index in [1.54, 1.807) is 49.9 Å². The highest BCUT2D eigenvalue weighted by Gasteiger charge is 2.25. The van der Waals surface area contributed by atoms with E-state index in [9.17, 15) is 19.2 Å². The summed E-state index contributed by atoms with van der Waals surface area (Å²) in [5, 5.41) is 5.28. The zero-order valence-corrected chi connectivity index (χ0v) is 17.8. The Labute approximate surface area is 176 Å². The van der Waals surface area contributed by atoms with Crippen molar-refractivity contribution in [3.05, 3.63) is 29.8 Å². The summed E-state index contributed by atoms with van der Waals surface area (Å²) in [4.78, 5) is 49.1. The van der Waals surface area contributed by atoms with E-state index in [0.29, 0.717) is 37.2 Å². The monoisotopic (exact) mass is 419 g/mol. The lowest BCUT2D eigenvalue weighted by molar-refractivity contribution is -0.131.